The van der Waals surface area contributed by atoms with Crippen LogP contribution in [0.4, 0.5) is 43.9 Å². The summed E-state index contributed by atoms with van der Waals surface area (Å²) in [6, 6.07) is 0. The fraction of sp³-hybridized carbons (Fsp3) is 1.00. The minimum atomic E-state index is -6.92. The van der Waals surface area contributed by atoms with Crippen LogP contribution >= 0.6 is 0 Å². The number of halogens is 10. The Labute approximate surface area is 172 Å². The maximum absolute atomic E-state index is 15.5. The summed E-state index contributed by atoms with van der Waals surface area (Å²) < 4.78 is 157. The molecule has 4 nitrogen and oxygen atoms in total. The zero-order valence-corrected chi connectivity index (χ0v) is 17.7. The van der Waals surface area contributed by atoms with Gasteiger partial charge in [0.1, 0.15) is 5.04 Å². The Morgan fingerprint density at radius 3 is 1.68 bits per heavy atom. The van der Waals surface area contributed by atoms with E-state index in [4.69, 9.17) is 13.3 Å². The number of fused-ring (bicyclic) bond motifs is 2. The van der Waals surface area contributed by atoms with Gasteiger partial charge in [-0.15, -0.1) is 0 Å². The Balaban J connectivity index is 2.57. The van der Waals surface area contributed by atoms with Gasteiger partial charge >= 0.3 is 32.9 Å². The van der Waals surface area contributed by atoms with Crippen molar-refractivity contribution in [3.05, 3.63) is 0 Å². The molecular formula is C16H22F10O4Si. The van der Waals surface area contributed by atoms with Crippen LogP contribution in [0.2, 0.25) is 5.04 Å². The first kappa shape index (κ1) is 26.6. The summed E-state index contributed by atoms with van der Waals surface area (Å²) in [7, 11) is -4.58. The highest BCUT2D eigenvalue weighted by Gasteiger charge is 2.91. The van der Waals surface area contributed by atoms with E-state index < -0.39 is 69.0 Å². The highest BCUT2D eigenvalue weighted by atomic mass is 28.4. The van der Waals surface area contributed by atoms with Crippen molar-refractivity contribution < 1.29 is 61.9 Å². The third-order valence-electron chi connectivity index (χ3n) is 5.66. The lowest BCUT2D eigenvalue weighted by Gasteiger charge is -2.48. The van der Waals surface area contributed by atoms with E-state index in [2.05, 4.69) is 4.74 Å². The molecule has 0 aromatic heterocycles. The summed E-state index contributed by atoms with van der Waals surface area (Å²) in [5.41, 5.74) is 0. The molecule has 2 bridgehead atoms. The van der Waals surface area contributed by atoms with Gasteiger partial charge in [0.25, 0.3) is 5.85 Å². The predicted molar refractivity (Wildman–Crippen MR) is 86.5 cm³/mol. The van der Waals surface area contributed by atoms with E-state index in [0.717, 1.165) is 0 Å². The fourth-order valence-electron chi connectivity index (χ4n) is 4.37. The molecule has 184 valence electrons. The first-order valence-electron chi connectivity index (χ1n) is 9.46. The Hall–Kier alpha value is -0.643. The summed E-state index contributed by atoms with van der Waals surface area (Å²) in [4.78, 5) is 0. The molecule has 2 fully saturated rings. The quantitative estimate of drug-likeness (QED) is 0.287. The molecule has 0 aliphatic heterocycles. The summed E-state index contributed by atoms with van der Waals surface area (Å²) >= 11 is 0. The Morgan fingerprint density at radius 1 is 0.839 bits per heavy atom. The third-order valence-corrected chi connectivity index (χ3v) is 9.60. The minimum absolute atomic E-state index is 0.253. The summed E-state index contributed by atoms with van der Waals surface area (Å²) in [5, 5.41) is -2.69. The molecule has 0 aromatic rings. The largest absolute Gasteiger partial charge is 0.513 e. The number of hydrogen-bond acceptors (Lipinski definition) is 4. The Bertz CT molecular complexity index is 641. The standard InChI is InChI=1S/C16H22F10O4Si/c1-4-27-31(28-5-2,29-6-3)11-8-7-10(9-11)12(17,13(11,18)19)30-16(25,26)14(20,21)15(22,23)24/h10H,4-9H2,1-3H3. The van der Waals surface area contributed by atoms with Crippen molar-refractivity contribution in [2.24, 2.45) is 5.92 Å². The van der Waals surface area contributed by atoms with Gasteiger partial charge in [0.15, 0.2) is 0 Å². The molecule has 2 saturated carbocycles. The Morgan fingerprint density at radius 2 is 1.29 bits per heavy atom. The molecule has 0 amide bonds. The van der Waals surface area contributed by atoms with Crippen LogP contribution in [0.3, 0.4) is 0 Å². The van der Waals surface area contributed by atoms with Crippen molar-refractivity contribution in [1.82, 2.24) is 0 Å². The normalized spacial score (nSPS) is 31.5. The molecule has 2 rings (SSSR count). The third kappa shape index (κ3) is 3.49. The molecule has 15 heteroatoms. The molecule has 0 radical (unpaired) electrons. The van der Waals surface area contributed by atoms with Crippen LogP contribution in [-0.2, 0) is 18.0 Å². The van der Waals surface area contributed by atoms with Gasteiger partial charge in [-0.3, -0.25) is 4.74 Å². The number of alkyl halides is 10. The maximum Gasteiger partial charge on any atom is 0.513 e. The molecule has 0 N–H and O–H groups in total. The van der Waals surface area contributed by atoms with E-state index in [0.29, 0.717) is 0 Å². The maximum atomic E-state index is 15.5. The first-order chi connectivity index (χ1) is 14.0. The highest BCUT2D eigenvalue weighted by molar-refractivity contribution is 6.65. The van der Waals surface area contributed by atoms with Gasteiger partial charge in [0.2, 0.25) is 0 Å². The summed E-state index contributed by atoms with van der Waals surface area (Å²) in [6.07, 6.45) is -15.5. The molecular weight excluding hydrogens is 474 g/mol. The van der Waals surface area contributed by atoms with Crippen LogP contribution in [0.25, 0.3) is 0 Å². The lowest BCUT2D eigenvalue weighted by atomic mass is 9.90. The van der Waals surface area contributed by atoms with Crippen LogP contribution in [0.5, 0.6) is 0 Å². The van der Waals surface area contributed by atoms with Crippen LogP contribution < -0.4 is 0 Å². The van der Waals surface area contributed by atoms with Gasteiger partial charge in [-0.1, -0.05) is 0 Å². The predicted octanol–water partition coefficient (Wildman–Crippen LogP) is 5.70. The van der Waals surface area contributed by atoms with Gasteiger partial charge in [0, 0.05) is 25.7 Å². The van der Waals surface area contributed by atoms with E-state index in [1.807, 2.05) is 0 Å². The lowest BCUT2D eigenvalue weighted by molar-refractivity contribution is -0.477. The zero-order valence-electron chi connectivity index (χ0n) is 16.7. The van der Waals surface area contributed by atoms with Gasteiger partial charge < -0.3 is 13.3 Å². The molecule has 2 aliphatic carbocycles. The van der Waals surface area contributed by atoms with Gasteiger partial charge in [-0.25, -0.2) is 4.39 Å². The van der Waals surface area contributed by atoms with Crippen molar-refractivity contribution in [3.63, 3.8) is 0 Å². The average molecular weight is 496 g/mol. The summed E-state index contributed by atoms with van der Waals surface area (Å²) in [5.74, 6) is -18.9. The Kier molecular flexibility index (Phi) is 6.86. The van der Waals surface area contributed by atoms with Gasteiger partial charge in [0.05, 0.1) is 0 Å². The van der Waals surface area contributed by atoms with Crippen LogP contribution in [0.15, 0.2) is 0 Å². The molecule has 0 aromatic carbocycles. The van der Waals surface area contributed by atoms with E-state index in [-0.39, 0.29) is 19.8 Å². The SMILES string of the molecule is CCO[Si](OCC)(OCC)C12CCC(C1)C(F)(OC(F)(F)C(F)(F)C(F)(F)F)C2(F)F. The van der Waals surface area contributed by atoms with Gasteiger partial charge in [-0.2, -0.15) is 39.5 Å². The summed E-state index contributed by atoms with van der Waals surface area (Å²) in [6.45, 7) is 3.39. The molecule has 31 heavy (non-hydrogen) atoms. The van der Waals surface area contributed by atoms with E-state index in [1.165, 1.54) is 20.8 Å². The van der Waals surface area contributed by atoms with Crippen molar-refractivity contribution in [3.8, 4) is 0 Å². The van der Waals surface area contributed by atoms with Crippen molar-refractivity contribution in [2.45, 2.75) is 75.1 Å². The highest BCUT2D eigenvalue weighted by Crippen LogP contribution is 2.77. The second-order valence-corrected chi connectivity index (χ2v) is 10.2. The second kappa shape index (κ2) is 7.99. The molecule has 3 atom stereocenters. The lowest BCUT2D eigenvalue weighted by Crippen LogP contribution is -2.67. The van der Waals surface area contributed by atoms with Crippen LogP contribution in [0.1, 0.15) is 40.0 Å². The molecule has 0 saturated heterocycles. The monoisotopic (exact) mass is 496 g/mol. The van der Waals surface area contributed by atoms with Crippen molar-refractivity contribution in [1.29, 1.82) is 0 Å². The molecule has 2 aliphatic rings. The van der Waals surface area contributed by atoms with E-state index in [1.54, 1.807) is 0 Å². The van der Waals surface area contributed by atoms with Crippen LogP contribution in [0, 0.1) is 5.92 Å². The second-order valence-electron chi connectivity index (χ2n) is 7.29. The van der Waals surface area contributed by atoms with E-state index >= 15 is 13.2 Å². The molecule has 3 unspecified atom stereocenters. The van der Waals surface area contributed by atoms with Crippen molar-refractivity contribution in [2.75, 3.05) is 19.8 Å². The number of rotatable bonds is 10. The van der Waals surface area contributed by atoms with Crippen LogP contribution in [-0.4, -0.2) is 58.6 Å². The topological polar surface area (TPSA) is 36.9 Å². The zero-order chi connectivity index (χ0) is 24.1. The number of hydrogen-bond donors (Lipinski definition) is 0. The van der Waals surface area contributed by atoms with Gasteiger partial charge in [-0.05, 0) is 40.0 Å². The average Bonchev–Trinajstić information content (AvgIpc) is 3.13. The molecule has 0 spiro atoms. The molecule has 0 heterocycles. The van der Waals surface area contributed by atoms with E-state index in [9.17, 15) is 30.7 Å². The van der Waals surface area contributed by atoms with Crippen molar-refractivity contribution >= 4 is 8.80 Å². The number of ether oxygens (including phenoxy) is 1. The first-order valence-corrected chi connectivity index (χ1v) is 11.2. The fourth-order valence-corrected chi connectivity index (χ4v) is 8.09. The smallest absolute Gasteiger partial charge is 0.373 e. The minimum Gasteiger partial charge on any atom is -0.373 e.